The van der Waals surface area contributed by atoms with E-state index in [1.165, 1.54) is 7.11 Å². The molecule has 0 radical (unpaired) electrons. The molecule has 0 aliphatic rings. The average Bonchev–Trinajstić information content (AvgIpc) is 2.27. The fourth-order valence-corrected chi connectivity index (χ4v) is 1.92. The second kappa shape index (κ2) is 3.99. The molecule has 0 spiro atoms. The monoisotopic (exact) mass is 232 g/mol. The zero-order chi connectivity index (χ0) is 11.7. The SMILES string of the molecule is COc1nc2c(C)cc(Cl)cc2cc1C#N. The van der Waals surface area contributed by atoms with Gasteiger partial charge in [0.15, 0.2) is 0 Å². The fraction of sp³-hybridized carbons (Fsp3) is 0.167. The van der Waals surface area contributed by atoms with Crippen LogP contribution in [0.2, 0.25) is 5.02 Å². The summed E-state index contributed by atoms with van der Waals surface area (Å²) in [5.74, 6) is 0.348. The van der Waals surface area contributed by atoms with Crippen molar-refractivity contribution in [1.29, 1.82) is 5.26 Å². The minimum atomic E-state index is 0.348. The van der Waals surface area contributed by atoms with Crippen molar-refractivity contribution in [2.75, 3.05) is 7.11 Å². The van der Waals surface area contributed by atoms with Crippen molar-refractivity contribution in [1.82, 2.24) is 4.98 Å². The molecule has 0 fully saturated rings. The van der Waals surface area contributed by atoms with E-state index in [9.17, 15) is 0 Å². The Kier molecular flexibility index (Phi) is 2.67. The molecule has 0 saturated heterocycles. The highest BCUT2D eigenvalue weighted by molar-refractivity contribution is 6.31. The number of fused-ring (bicyclic) bond motifs is 1. The van der Waals surface area contributed by atoms with Gasteiger partial charge in [-0.1, -0.05) is 11.6 Å². The molecular weight excluding hydrogens is 224 g/mol. The number of benzene rings is 1. The first-order valence-electron chi connectivity index (χ1n) is 4.70. The first kappa shape index (κ1) is 10.7. The van der Waals surface area contributed by atoms with Crippen molar-refractivity contribution in [3.8, 4) is 11.9 Å². The van der Waals surface area contributed by atoms with E-state index in [-0.39, 0.29) is 0 Å². The Balaban J connectivity index is 2.84. The van der Waals surface area contributed by atoms with Gasteiger partial charge in [0.05, 0.1) is 12.6 Å². The Labute approximate surface area is 98.2 Å². The number of hydrogen-bond acceptors (Lipinski definition) is 3. The number of ether oxygens (including phenoxy) is 1. The summed E-state index contributed by atoms with van der Waals surface area (Å²) in [6, 6.07) is 7.41. The maximum atomic E-state index is 8.94. The maximum Gasteiger partial charge on any atom is 0.231 e. The number of aromatic nitrogens is 1. The van der Waals surface area contributed by atoms with Gasteiger partial charge in [0.1, 0.15) is 11.6 Å². The Bertz CT molecular complexity index is 602. The molecule has 3 nitrogen and oxygen atoms in total. The Morgan fingerprint density at radius 2 is 2.12 bits per heavy atom. The summed E-state index contributed by atoms with van der Waals surface area (Å²) in [4.78, 5) is 4.30. The molecule has 0 amide bonds. The summed E-state index contributed by atoms with van der Waals surface area (Å²) >= 11 is 5.95. The van der Waals surface area contributed by atoms with Crippen LogP contribution in [-0.4, -0.2) is 12.1 Å². The smallest absolute Gasteiger partial charge is 0.231 e. The van der Waals surface area contributed by atoms with Crippen molar-refractivity contribution in [2.45, 2.75) is 6.92 Å². The molecule has 1 aromatic carbocycles. The van der Waals surface area contributed by atoms with Gasteiger partial charge < -0.3 is 4.74 Å². The Hall–Kier alpha value is -1.79. The highest BCUT2D eigenvalue weighted by Gasteiger charge is 2.09. The van der Waals surface area contributed by atoms with Gasteiger partial charge in [-0.2, -0.15) is 5.26 Å². The van der Waals surface area contributed by atoms with E-state index < -0.39 is 0 Å². The van der Waals surface area contributed by atoms with Crippen molar-refractivity contribution < 1.29 is 4.74 Å². The predicted octanol–water partition coefficient (Wildman–Crippen LogP) is 3.08. The topological polar surface area (TPSA) is 45.9 Å². The van der Waals surface area contributed by atoms with Crippen LogP contribution in [0, 0.1) is 18.3 Å². The van der Waals surface area contributed by atoms with Gasteiger partial charge in [0.2, 0.25) is 5.88 Å². The standard InChI is InChI=1S/C12H9ClN2O/c1-7-3-10(13)5-8-4-9(6-14)12(16-2)15-11(7)8/h3-5H,1-2H3. The summed E-state index contributed by atoms with van der Waals surface area (Å²) in [7, 11) is 1.50. The van der Waals surface area contributed by atoms with Crippen molar-refractivity contribution in [3.63, 3.8) is 0 Å². The van der Waals surface area contributed by atoms with Gasteiger partial charge in [-0.3, -0.25) is 0 Å². The van der Waals surface area contributed by atoms with E-state index >= 15 is 0 Å². The second-order valence-corrected chi connectivity index (χ2v) is 3.89. The molecule has 0 unspecified atom stereocenters. The van der Waals surface area contributed by atoms with Crippen LogP contribution in [0.1, 0.15) is 11.1 Å². The highest BCUT2D eigenvalue weighted by atomic mass is 35.5. The molecule has 0 saturated carbocycles. The number of rotatable bonds is 1. The van der Waals surface area contributed by atoms with Crippen molar-refractivity contribution >= 4 is 22.5 Å². The predicted molar refractivity (Wildman–Crippen MR) is 62.8 cm³/mol. The van der Waals surface area contributed by atoms with Crippen LogP contribution < -0.4 is 4.74 Å². The van der Waals surface area contributed by atoms with E-state index in [0.29, 0.717) is 16.5 Å². The molecule has 0 aliphatic heterocycles. The molecule has 16 heavy (non-hydrogen) atoms. The van der Waals surface area contributed by atoms with Crippen LogP contribution >= 0.6 is 11.6 Å². The van der Waals surface area contributed by atoms with E-state index in [1.54, 1.807) is 12.1 Å². The number of methoxy groups -OCH3 is 1. The summed E-state index contributed by atoms with van der Waals surface area (Å²) in [5.41, 5.74) is 2.18. The molecule has 0 aliphatic carbocycles. The minimum Gasteiger partial charge on any atom is -0.480 e. The van der Waals surface area contributed by atoms with Crippen LogP contribution in [0.3, 0.4) is 0 Å². The zero-order valence-corrected chi connectivity index (χ0v) is 9.67. The molecule has 1 aromatic heterocycles. The summed E-state index contributed by atoms with van der Waals surface area (Å²) < 4.78 is 5.06. The Morgan fingerprint density at radius 1 is 1.38 bits per heavy atom. The quantitative estimate of drug-likeness (QED) is 0.759. The summed E-state index contributed by atoms with van der Waals surface area (Å²) in [6.45, 7) is 1.92. The third kappa shape index (κ3) is 1.68. The largest absolute Gasteiger partial charge is 0.480 e. The average molecular weight is 233 g/mol. The molecule has 0 bridgehead atoms. The van der Waals surface area contributed by atoms with E-state index in [2.05, 4.69) is 4.98 Å². The van der Waals surface area contributed by atoms with E-state index in [4.69, 9.17) is 21.6 Å². The van der Waals surface area contributed by atoms with Gasteiger partial charge >= 0.3 is 0 Å². The second-order valence-electron chi connectivity index (χ2n) is 3.45. The first-order chi connectivity index (χ1) is 7.65. The normalized spacial score (nSPS) is 10.1. The number of nitrogens with zero attached hydrogens (tertiary/aromatic N) is 2. The van der Waals surface area contributed by atoms with Crippen LogP contribution in [0.5, 0.6) is 5.88 Å². The van der Waals surface area contributed by atoms with Crippen LogP contribution in [0.4, 0.5) is 0 Å². The number of nitriles is 1. The molecule has 0 N–H and O–H groups in total. The summed E-state index contributed by atoms with van der Waals surface area (Å²) in [6.07, 6.45) is 0. The lowest BCUT2D eigenvalue weighted by Crippen LogP contribution is -1.94. The lowest BCUT2D eigenvalue weighted by atomic mass is 10.1. The number of hydrogen-bond donors (Lipinski definition) is 0. The van der Waals surface area contributed by atoms with Crippen molar-refractivity contribution in [2.24, 2.45) is 0 Å². The molecule has 80 valence electrons. The van der Waals surface area contributed by atoms with Gasteiger partial charge in [0, 0.05) is 10.4 Å². The highest BCUT2D eigenvalue weighted by Crippen LogP contribution is 2.26. The Morgan fingerprint density at radius 3 is 2.75 bits per heavy atom. The molecule has 2 aromatic rings. The van der Waals surface area contributed by atoms with Gasteiger partial charge in [-0.25, -0.2) is 4.98 Å². The summed E-state index contributed by atoms with van der Waals surface area (Å²) in [5, 5.41) is 10.4. The molecule has 1 heterocycles. The molecular formula is C12H9ClN2O. The lowest BCUT2D eigenvalue weighted by Gasteiger charge is -2.06. The minimum absolute atomic E-state index is 0.348. The third-order valence-electron chi connectivity index (χ3n) is 2.35. The van der Waals surface area contributed by atoms with Gasteiger partial charge in [-0.15, -0.1) is 0 Å². The van der Waals surface area contributed by atoms with Crippen LogP contribution in [0.25, 0.3) is 10.9 Å². The van der Waals surface area contributed by atoms with Crippen molar-refractivity contribution in [3.05, 3.63) is 34.3 Å². The van der Waals surface area contributed by atoms with Crippen LogP contribution in [-0.2, 0) is 0 Å². The fourth-order valence-electron chi connectivity index (χ4n) is 1.64. The zero-order valence-electron chi connectivity index (χ0n) is 8.91. The van der Waals surface area contributed by atoms with Gasteiger partial charge in [-0.05, 0) is 30.7 Å². The number of pyridine rings is 1. The molecule has 2 rings (SSSR count). The van der Waals surface area contributed by atoms with Gasteiger partial charge in [0.25, 0.3) is 0 Å². The van der Waals surface area contributed by atoms with E-state index in [0.717, 1.165) is 16.5 Å². The van der Waals surface area contributed by atoms with Crippen LogP contribution in [0.15, 0.2) is 18.2 Å². The molecule has 0 atom stereocenters. The number of halogens is 1. The third-order valence-corrected chi connectivity index (χ3v) is 2.57. The number of aryl methyl sites for hydroxylation is 1. The van der Waals surface area contributed by atoms with E-state index in [1.807, 2.05) is 19.1 Å². The first-order valence-corrected chi connectivity index (χ1v) is 5.08. The lowest BCUT2D eigenvalue weighted by molar-refractivity contribution is 0.398. The molecule has 4 heteroatoms. The maximum absolute atomic E-state index is 8.94.